The first-order valence-electron chi connectivity index (χ1n) is 18.5. The molecular formula is C41H48N6O7. The smallest absolute Gasteiger partial charge is 0.269 e. The first-order chi connectivity index (χ1) is 26.2. The van der Waals surface area contributed by atoms with Gasteiger partial charge in [0, 0.05) is 81.1 Å². The molecule has 2 saturated heterocycles. The first-order valence-corrected chi connectivity index (χ1v) is 18.5. The van der Waals surface area contributed by atoms with Gasteiger partial charge in [0.25, 0.3) is 5.69 Å². The summed E-state index contributed by atoms with van der Waals surface area (Å²) in [5, 5.41) is 26.4. The second-order valence-corrected chi connectivity index (χ2v) is 13.8. The molecule has 0 saturated carbocycles. The van der Waals surface area contributed by atoms with Crippen LogP contribution >= 0.6 is 0 Å². The number of nitrogen functional groups attached to an aromatic ring is 1. The Hall–Kier alpha value is -5.34. The maximum Gasteiger partial charge on any atom is 0.269 e. The average molecular weight is 737 g/mol. The van der Waals surface area contributed by atoms with E-state index in [1.165, 1.54) is 0 Å². The number of carbonyl (C=O) groups is 2. The zero-order chi connectivity index (χ0) is 37.9. The number of para-hydroxylation sites is 2. The first kappa shape index (κ1) is 38.4. The van der Waals surface area contributed by atoms with E-state index in [2.05, 4.69) is 20.4 Å². The number of piperazine rings is 1. The number of non-ortho nitro benzene ring substituents is 1. The van der Waals surface area contributed by atoms with Gasteiger partial charge in [0.15, 0.2) is 6.29 Å². The number of nitrogens with zero attached hydrogens (tertiary/aromatic N) is 3. The van der Waals surface area contributed by atoms with Crippen LogP contribution < -0.4 is 21.3 Å². The van der Waals surface area contributed by atoms with Crippen molar-refractivity contribution in [2.24, 2.45) is 0 Å². The van der Waals surface area contributed by atoms with E-state index in [-0.39, 0.29) is 41.2 Å². The molecule has 2 amide bonds. The molecule has 4 aromatic carbocycles. The van der Waals surface area contributed by atoms with E-state index < -0.39 is 6.29 Å². The Labute approximate surface area is 315 Å². The number of anilines is 4. The largest absolute Gasteiger partial charge is 0.397 e. The summed E-state index contributed by atoms with van der Waals surface area (Å²) in [5.41, 5.74) is 11.5. The fourth-order valence-electron chi connectivity index (χ4n) is 6.81. The molecule has 0 bridgehead atoms. The van der Waals surface area contributed by atoms with Crippen LogP contribution in [0.2, 0.25) is 0 Å². The van der Waals surface area contributed by atoms with Gasteiger partial charge in [-0.25, -0.2) is 0 Å². The lowest BCUT2D eigenvalue weighted by Gasteiger charge is -2.41. The summed E-state index contributed by atoms with van der Waals surface area (Å²) in [5.74, 6) is -0.185. The number of aliphatic hydroxyl groups excluding tert-OH is 1. The zero-order valence-electron chi connectivity index (χ0n) is 30.3. The monoisotopic (exact) mass is 736 g/mol. The summed E-state index contributed by atoms with van der Waals surface area (Å²) < 4.78 is 13.1. The van der Waals surface area contributed by atoms with Crippen LogP contribution in [0.4, 0.5) is 28.4 Å². The van der Waals surface area contributed by atoms with Crippen molar-refractivity contribution in [1.82, 2.24) is 4.90 Å². The predicted octanol–water partition coefficient (Wildman–Crippen LogP) is 6.56. The number of ether oxygens (including phenoxy) is 2. The van der Waals surface area contributed by atoms with Crippen molar-refractivity contribution in [3.63, 3.8) is 0 Å². The molecule has 0 aliphatic carbocycles. The average Bonchev–Trinajstić information content (AvgIpc) is 3.19. The molecule has 54 heavy (non-hydrogen) atoms. The lowest BCUT2D eigenvalue weighted by molar-refractivity contribution is -0.384. The van der Waals surface area contributed by atoms with E-state index in [9.17, 15) is 24.8 Å². The fourth-order valence-corrected chi connectivity index (χ4v) is 6.81. The van der Waals surface area contributed by atoms with Gasteiger partial charge in [-0.1, -0.05) is 55.0 Å². The third-order valence-corrected chi connectivity index (χ3v) is 9.88. The number of nitrogens with two attached hydrogens (primary N) is 1. The van der Waals surface area contributed by atoms with Crippen molar-refractivity contribution in [2.45, 2.75) is 63.6 Å². The third kappa shape index (κ3) is 10.6. The number of benzene rings is 4. The molecule has 4 aromatic rings. The highest BCUT2D eigenvalue weighted by Gasteiger charge is 2.34. The van der Waals surface area contributed by atoms with Crippen LogP contribution in [0.5, 0.6) is 0 Å². The molecule has 0 aromatic heterocycles. The molecule has 0 unspecified atom stereocenters. The molecule has 5 N–H and O–H groups in total. The summed E-state index contributed by atoms with van der Waals surface area (Å²) in [6.07, 6.45) is 2.52. The van der Waals surface area contributed by atoms with Crippen LogP contribution in [-0.2, 0) is 25.7 Å². The Kier molecular flexibility index (Phi) is 13.2. The number of rotatable bonds is 15. The number of aliphatic hydroxyl groups is 1. The van der Waals surface area contributed by atoms with Crippen molar-refractivity contribution in [1.29, 1.82) is 0 Å². The number of carbonyl (C=O) groups excluding carboxylic acids is 2. The molecule has 2 aliphatic rings. The van der Waals surface area contributed by atoms with Crippen molar-refractivity contribution in [3.8, 4) is 0 Å². The Morgan fingerprint density at radius 1 is 0.796 bits per heavy atom. The van der Waals surface area contributed by atoms with Crippen molar-refractivity contribution < 1.29 is 29.1 Å². The summed E-state index contributed by atoms with van der Waals surface area (Å²) in [7, 11) is 0. The van der Waals surface area contributed by atoms with Gasteiger partial charge in [0.2, 0.25) is 11.8 Å². The highest BCUT2D eigenvalue weighted by Crippen LogP contribution is 2.38. The van der Waals surface area contributed by atoms with Gasteiger partial charge in [0.05, 0.1) is 35.1 Å². The Morgan fingerprint density at radius 3 is 2.09 bits per heavy atom. The van der Waals surface area contributed by atoms with Crippen LogP contribution in [0.3, 0.4) is 0 Å². The van der Waals surface area contributed by atoms with Gasteiger partial charge in [-0.15, -0.1) is 0 Å². The van der Waals surface area contributed by atoms with Gasteiger partial charge in [0.1, 0.15) is 0 Å². The van der Waals surface area contributed by atoms with Crippen molar-refractivity contribution in [2.75, 3.05) is 54.0 Å². The maximum atomic E-state index is 12.7. The molecule has 284 valence electrons. The fraction of sp³-hybridized carbons (Fsp3) is 0.366. The van der Waals surface area contributed by atoms with Crippen LogP contribution in [0, 0.1) is 10.1 Å². The Bertz CT molecular complexity index is 1850. The summed E-state index contributed by atoms with van der Waals surface area (Å²) >= 11 is 0. The van der Waals surface area contributed by atoms with E-state index in [1.807, 2.05) is 60.7 Å². The highest BCUT2D eigenvalue weighted by molar-refractivity contribution is 5.93. The minimum atomic E-state index is -0.618. The number of unbranched alkanes of at least 4 members (excludes halogenated alkanes) is 2. The molecule has 2 fully saturated rings. The topological polar surface area (TPSA) is 173 Å². The lowest BCUT2D eigenvalue weighted by Crippen LogP contribution is -2.49. The number of nitro groups is 1. The lowest BCUT2D eigenvalue weighted by atomic mass is 9.99. The van der Waals surface area contributed by atoms with E-state index in [1.54, 1.807) is 36.4 Å². The van der Waals surface area contributed by atoms with Crippen LogP contribution in [-0.4, -0.2) is 65.6 Å². The minimum absolute atomic E-state index is 0.0287. The summed E-state index contributed by atoms with van der Waals surface area (Å²) in [6, 6.07) is 29.2. The van der Waals surface area contributed by atoms with Gasteiger partial charge < -0.3 is 35.8 Å². The molecule has 13 heteroatoms. The van der Waals surface area contributed by atoms with Crippen LogP contribution in [0.15, 0.2) is 97.1 Å². The van der Waals surface area contributed by atoms with Gasteiger partial charge in [-0.05, 0) is 60.4 Å². The van der Waals surface area contributed by atoms with Gasteiger partial charge in [-0.3, -0.25) is 24.6 Å². The maximum absolute atomic E-state index is 12.7. The van der Waals surface area contributed by atoms with E-state index >= 15 is 0 Å². The molecule has 0 radical (unpaired) electrons. The normalized spacial score (nSPS) is 18.9. The van der Waals surface area contributed by atoms with Crippen LogP contribution in [0.25, 0.3) is 0 Å². The number of nitrogens with one attached hydrogen (secondary N) is 2. The highest BCUT2D eigenvalue weighted by atomic mass is 16.7. The molecular weight excluding hydrogens is 688 g/mol. The Morgan fingerprint density at radius 2 is 1.44 bits per heavy atom. The predicted molar refractivity (Wildman–Crippen MR) is 208 cm³/mol. The van der Waals surface area contributed by atoms with E-state index in [0.717, 1.165) is 61.5 Å². The van der Waals surface area contributed by atoms with Gasteiger partial charge >= 0.3 is 0 Å². The molecule has 13 nitrogen and oxygen atoms in total. The molecule has 2 heterocycles. The number of hydrogen-bond acceptors (Lipinski definition) is 10. The van der Waals surface area contributed by atoms with Crippen molar-refractivity contribution >= 4 is 40.3 Å². The third-order valence-electron chi connectivity index (χ3n) is 9.88. The molecule has 0 spiro atoms. The number of nitro benzene ring substituents is 1. The second-order valence-electron chi connectivity index (χ2n) is 13.8. The number of amides is 2. The van der Waals surface area contributed by atoms with E-state index in [0.29, 0.717) is 49.2 Å². The summed E-state index contributed by atoms with van der Waals surface area (Å²) in [6.45, 7) is 3.94. The Balaban J connectivity index is 0.996. The van der Waals surface area contributed by atoms with Gasteiger partial charge in [-0.2, -0.15) is 0 Å². The van der Waals surface area contributed by atoms with E-state index in [4.69, 9.17) is 15.2 Å². The minimum Gasteiger partial charge on any atom is -0.397 e. The summed E-state index contributed by atoms with van der Waals surface area (Å²) in [4.78, 5) is 40.2. The number of hydrogen-bond donors (Lipinski definition) is 4. The molecule has 2 aliphatic heterocycles. The van der Waals surface area contributed by atoms with Crippen LogP contribution in [0.1, 0.15) is 67.6 Å². The zero-order valence-corrected chi connectivity index (χ0v) is 30.3. The standard InChI is InChI=1S/C41H48N6O7/c42-36-6-4-5-7-37(36)44-40(50)9-3-1-2-8-39(49)43-32-16-14-31(15-17-32)41-53-35(26-38(54-41)30-12-10-29(28-48)11-13-30)27-45-22-24-46(25-23-45)33-18-20-34(21-19-33)47(51)52/h4-7,10-21,35,38,41,48H,1-3,8-9,22-28,42H2,(H,43,49)(H,44,50)/t35-,38+,41+/m1/s1. The second kappa shape index (κ2) is 18.6. The quantitative estimate of drug-likeness (QED) is 0.0453. The molecule has 6 rings (SSSR count). The molecule has 3 atom stereocenters. The van der Waals surface area contributed by atoms with Crippen molar-refractivity contribution in [3.05, 3.63) is 124 Å². The SMILES string of the molecule is Nc1ccccc1NC(=O)CCCCCC(=O)Nc1ccc([C@H]2O[C@@H](CN3CCN(c4ccc([N+](=O)[O-])cc4)CC3)C[C@@H](c3ccc(CO)cc3)O2)cc1.